The van der Waals surface area contributed by atoms with Crippen molar-refractivity contribution < 1.29 is 9.59 Å². The molecule has 0 saturated carbocycles. The highest BCUT2D eigenvalue weighted by atomic mass is 79.9. The summed E-state index contributed by atoms with van der Waals surface area (Å²) < 4.78 is 0.783. The number of benzene rings is 2. The third-order valence-electron chi connectivity index (χ3n) is 3.34. The Balaban J connectivity index is 1.86. The van der Waals surface area contributed by atoms with Crippen molar-refractivity contribution in [2.24, 2.45) is 0 Å². The first-order valence-corrected chi connectivity index (χ1v) is 9.33. The van der Waals surface area contributed by atoms with Crippen LogP contribution in [0.25, 0.3) is 6.08 Å². The van der Waals surface area contributed by atoms with Crippen LogP contribution in [0.2, 0.25) is 0 Å². The van der Waals surface area contributed by atoms with Crippen LogP contribution in [0.4, 0.5) is 5.13 Å². The second kappa shape index (κ2) is 8.55. The highest BCUT2D eigenvalue weighted by Gasteiger charge is 2.16. The number of nitrogens with one attached hydrogen (secondary N) is 2. The molecule has 1 heterocycles. The van der Waals surface area contributed by atoms with E-state index in [1.807, 2.05) is 36.4 Å². The fraction of sp³-hybridized carbons (Fsp3) is 0. The summed E-state index contributed by atoms with van der Waals surface area (Å²) >= 11 is 4.64. The average molecular weight is 428 g/mol. The number of rotatable bonds is 5. The first kappa shape index (κ1) is 18.0. The van der Waals surface area contributed by atoms with Gasteiger partial charge in [0.1, 0.15) is 5.70 Å². The minimum absolute atomic E-state index is 0.136. The molecule has 5 nitrogen and oxygen atoms in total. The predicted molar refractivity (Wildman–Crippen MR) is 107 cm³/mol. The third kappa shape index (κ3) is 4.87. The van der Waals surface area contributed by atoms with Crippen molar-refractivity contribution >= 4 is 50.3 Å². The molecule has 2 aromatic carbocycles. The van der Waals surface area contributed by atoms with Gasteiger partial charge in [0.15, 0.2) is 5.13 Å². The lowest BCUT2D eigenvalue weighted by molar-refractivity contribution is -0.113. The molecule has 0 aliphatic carbocycles. The molecule has 7 heteroatoms. The van der Waals surface area contributed by atoms with E-state index in [2.05, 4.69) is 31.5 Å². The minimum Gasteiger partial charge on any atom is -0.317 e. The maximum Gasteiger partial charge on any atom is 0.273 e. The molecule has 0 saturated heterocycles. The fourth-order valence-electron chi connectivity index (χ4n) is 2.15. The molecule has 0 atom stereocenters. The Kier molecular flexibility index (Phi) is 5.93. The van der Waals surface area contributed by atoms with E-state index in [-0.39, 0.29) is 11.6 Å². The highest BCUT2D eigenvalue weighted by Crippen LogP contribution is 2.15. The van der Waals surface area contributed by atoms with Gasteiger partial charge in [-0.25, -0.2) is 4.98 Å². The quantitative estimate of drug-likeness (QED) is 0.595. The molecule has 1 aromatic heterocycles. The zero-order chi connectivity index (χ0) is 18.4. The molecule has 0 aliphatic heterocycles. The molecule has 3 aromatic rings. The largest absolute Gasteiger partial charge is 0.317 e. The summed E-state index contributed by atoms with van der Waals surface area (Å²) in [6.45, 7) is 0. The fourth-order valence-corrected chi connectivity index (χ4v) is 3.07. The number of anilines is 1. The number of aromatic nitrogens is 1. The minimum atomic E-state index is -0.438. The summed E-state index contributed by atoms with van der Waals surface area (Å²) in [6.07, 6.45) is 3.22. The molecule has 0 unspecified atom stereocenters. The van der Waals surface area contributed by atoms with Crippen LogP contribution in [0.15, 0.2) is 76.3 Å². The van der Waals surface area contributed by atoms with Crippen molar-refractivity contribution in [2.45, 2.75) is 0 Å². The molecule has 0 fully saturated rings. The van der Waals surface area contributed by atoms with Gasteiger partial charge in [-0.2, -0.15) is 0 Å². The van der Waals surface area contributed by atoms with Crippen LogP contribution in [0.5, 0.6) is 0 Å². The lowest BCUT2D eigenvalue weighted by Crippen LogP contribution is -2.30. The van der Waals surface area contributed by atoms with E-state index in [0.717, 1.165) is 10.0 Å². The number of carbonyl (C=O) groups excluding carboxylic acids is 2. The summed E-state index contributed by atoms with van der Waals surface area (Å²) in [5.41, 5.74) is 1.38. The van der Waals surface area contributed by atoms with E-state index in [1.165, 1.54) is 11.3 Å². The zero-order valence-corrected chi connectivity index (χ0v) is 15.9. The van der Waals surface area contributed by atoms with E-state index in [9.17, 15) is 9.59 Å². The van der Waals surface area contributed by atoms with Crippen LogP contribution >= 0.6 is 27.3 Å². The zero-order valence-electron chi connectivity index (χ0n) is 13.5. The Labute approximate surface area is 162 Å². The molecule has 3 rings (SSSR count). The topological polar surface area (TPSA) is 71.1 Å². The first-order valence-electron chi connectivity index (χ1n) is 7.66. The maximum atomic E-state index is 12.6. The summed E-state index contributed by atoms with van der Waals surface area (Å²) in [5.74, 6) is -0.810. The average Bonchev–Trinajstić information content (AvgIpc) is 3.15. The van der Waals surface area contributed by atoms with Crippen molar-refractivity contribution in [1.29, 1.82) is 0 Å². The number of halogens is 1. The molecule has 130 valence electrons. The van der Waals surface area contributed by atoms with E-state index < -0.39 is 5.91 Å². The van der Waals surface area contributed by atoms with Crippen LogP contribution < -0.4 is 10.6 Å². The van der Waals surface area contributed by atoms with Gasteiger partial charge in [0.05, 0.1) is 0 Å². The van der Waals surface area contributed by atoms with Crippen molar-refractivity contribution in [2.75, 3.05) is 5.32 Å². The Morgan fingerprint density at radius 3 is 2.58 bits per heavy atom. The number of hydrogen-bond acceptors (Lipinski definition) is 4. The standard InChI is InChI=1S/C19H14BrN3O2S/c20-15-8-4-7-14(12-15)17(24)22-16(11-13-5-2-1-3-6-13)18(25)23-19-21-9-10-26-19/h1-12H,(H,22,24)(H,21,23,25)/b16-11-. The van der Waals surface area contributed by atoms with Gasteiger partial charge < -0.3 is 5.32 Å². The monoisotopic (exact) mass is 427 g/mol. The van der Waals surface area contributed by atoms with Crippen LogP contribution in [-0.2, 0) is 4.79 Å². The molecule has 2 amide bonds. The molecule has 0 aliphatic rings. The van der Waals surface area contributed by atoms with E-state index >= 15 is 0 Å². The smallest absolute Gasteiger partial charge is 0.273 e. The van der Waals surface area contributed by atoms with Gasteiger partial charge in [-0.1, -0.05) is 52.3 Å². The second-order valence-corrected chi connectivity index (χ2v) is 7.03. The number of thiazole rings is 1. The molecule has 0 bridgehead atoms. The van der Waals surface area contributed by atoms with Crippen LogP contribution in [-0.4, -0.2) is 16.8 Å². The number of nitrogens with zero attached hydrogens (tertiary/aromatic N) is 1. The normalized spacial score (nSPS) is 11.0. The van der Waals surface area contributed by atoms with Crippen molar-refractivity contribution in [3.63, 3.8) is 0 Å². The summed E-state index contributed by atoms with van der Waals surface area (Å²) in [6, 6.07) is 16.3. The Morgan fingerprint density at radius 1 is 1.08 bits per heavy atom. The second-order valence-electron chi connectivity index (χ2n) is 5.22. The van der Waals surface area contributed by atoms with Gasteiger partial charge in [-0.05, 0) is 29.8 Å². The van der Waals surface area contributed by atoms with E-state index in [4.69, 9.17) is 0 Å². The van der Waals surface area contributed by atoms with Gasteiger partial charge in [0.25, 0.3) is 11.8 Å². The lowest BCUT2D eigenvalue weighted by atomic mass is 10.1. The highest BCUT2D eigenvalue weighted by molar-refractivity contribution is 9.10. The maximum absolute atomic E-state index is 12.6. The Morgan fingerprint density at radius 2 is 1.88 bits per heavy atom. The Bertz CT molecular complexity index is 940. The van der Waals surface area contributed by atoms with Gasteiger partial charge >= 0.3 is 0 Å². The number of hydrogen-bond donors (Lipinski definition) is 2. The number of carbonyl (C=O) groups is 2. The van der Waals surface area contributed by atoms with Crippen molar-refractivity contribution in [1.82, 2.24) is 10.3 Å². The number of amides is 2. The van der Waals surface area contributed by atoms with Crippen LogP contribution in [0.3, 0.4) is 0 Å². The molecule has 0 spiro atoms. The summed E-state index contributed by atoms with van der Waals surface area (Å²) in [7, 11) is 0. The molecule has 2 N–H and O–H groups in total. The van der Waals surface area contributed by atoms with E-state index in [0.29, 0.717) is 10.7 Å². The molecule has 0 radical (unpaired) electrons. The SMILES string of the molecule is O=C(Nc1nccs1)/C(=C/c1ccccc1)NC(=O)c1cccc(Br)c1. The van der Waals surface area contributed by atoms with Crippen LogP contribution in [0, 0.1) is 0 Å². The van der Waals surface area contributed by atoms with Gasteiger partial charge in [0, 0.05) is 21.6 Å². The summed E-state index contributed by atoms with van der Waals surface area (Å²) in [4.78, 5) is 29.2. The van der Waals surface area contributed by atoms with Gasteiger partial charge in [-0.3, -0.25) is 14.9 Å². The predicted octanol–water partition coefficient (Wildman–Crippen LogP) is 4.32. The Hall–Kier alpha value is -2.77. The lowest BCUT2D eigenvalue weighted by Gasteiger charge is -2.10. The van der Waals surface area contributed by atoms with Crippen molar-refractivity contribution in [3.05, 3.63) is 87.5 Å². The van der Waals surface area contributed by atoms with Gasteiger partial charge in [0.2, 0.25) is 0 Å². The van der Waals surface area contributed by atoms with Gasteiger partial charge in [-0.15, -0.1) is 11.3 Å². The molecular formula is C19H14BrN3O2S. The van der Waals surface area contributed by atoms with Crippen molar-refractivity contribution in [3.8, 4) is 0 Å². The first-order chi connectivity index (χ1) is 12.6. The van der Waals surface area contributed by atoms with E-state index in [1.54, 1.807) is 35.9 Å². The molecular weight excluding hydrogens is 414 g/mol. The third-order valence-corrected chi connectivity index (χ3v) is 4.52. The van der Waals surface area contributed by atoms with Crippen LogP contribution in [0.1, 0.15) is 15.9 Å². The molecule has 26 heavy (non-hydrogen) atoms. The summed E-state index contributed by atoms with van der Waals surface area (Å²) in [5, 5.41) is 7.60.